The second kappa shape index (κ2) is 6.00. The molecule has 1 aliphatic heterocycles. The molecule has 6 heteroatoms. The highest BCUT2D eigenvalue weighted by Gasteiger charge is 2.34. The van der Waals surface area contributed by atoms with Gasteiger partial charge in [-0.2, -0.15) is 0 Å². The third-order valence-electron chi connectivity index (χ3n) is 3.71. The molecule has 0 bridgehead atoms. The summed E-state index contributed by atoms with van der Waals surface area (Å²) in [6.45, 7) is 0.0515. The number of amides is 2. The number of benzene rings is 2. The Morgan fingerprint density at radius 3 is 2.17 bits per heavy atom. The summed E-state index contributed by atoms with van der Waals surface area (Å²) >= 11 is 0. The summed E-state index contributed by atoms with van der Waals surface area (Å²) in [4.78, 5) is 25.8. The van der Waals surface area contributed by atoms with E-state index in [1.807, 2.05) is 0 Å². The predicted molar refractivity (Wildman–Crippen MR) is 85.0 cm³/mol. The minimum absolute atomic E-state index is 0.0515. The molecular formula is C17H16N2O4. The van der Waals surface area contributed by atoms with Crippen LogP contribution in [0.5, 0.6) is 11.5 Å². The highest BCUT2D eigenvalue weighted by Crippen LogP contribution is 2.29. The van der Waals surface area contributed by atoms with Gasteiger partial charge in [-0.1, -0.05) is 12.1 Å². The zero-order valence-electron chi connectivity index (χ0n) is 12.8. The quantitative estimate of drug-likeness (QED) is 0.859. The molecule has 0 radical (unpaired) electrons. The van der Waals surface area contributed by atoms with Gasteiger partial charge in [0, 0.05) is 6.07 Å². The Kier molecular flexibility index (Phi) is 3.89. The Hall–Kier alpha value is -3.02. The van der Waals surface area contributed by atoms with Crippen molar-refractivity contribution in [2.45, 2.75) is 0 Å². The standard InChI is InChI=1S/C17H16N2O4/c1-22-11-7-8-15(23-2)14(9-11)18-10-19-16(20)12-5-3-4-6-13(12)17(19)21/h3-9,18H,10H2,1-2H3. The first-order chi connectivity index (χ1) is 11.2. The maximum atomic E-state index is 12.3. The van der Waals surface area contributed by atoms with E-state index in [-0.39, 0.29) is 18.5 Å². The fourth-order valence-electron chi connectivity index (χ4n) is 2.50. The minimum Gasteiger partial charge on any atom is -0.497 e. The van der Waals surface area contributed by atoms with Gasteiger partial charge in [0.1, 0.15) is 11.5 Å². The van der Waals surface area contributed by atoms with Crippen LogP contribution in [-0.2, 0) is 0 Å². The fraction of sp³-hybridized carbons (Fsp3) is 0.176. The van der Waals surface area contributed by atoms with Crippen molar-refractivity contribution in [3.63, 3.8) is 0 Å². The maximum Gasteiger partial charge on any atom is 0.263 e. The molecule has 2 amide bonds. The lowest BCUT2D eigenvalue weighted by atomic mass is 10.1. The Morgan fingerprint density at radius 2 is 1.61 bits per heavy atom. The Labute approximate surface area is 133 Å². The van der Waals surface area contributed by atoms with Crippen LogP contribution in [0.1, 0.15) is 20.7 Å². The van der Waals surface area contributed by atoms with Crippen molar-refractivity contribution in [1.82, 2.24) is 4.90 Å². The number of methoxy groups -OCH3 is 2. The van der Waals surface area contributed by atoms with Crippen molar-refractivity contribution in [3.05, 3.63) is 53.6 Å². The molecule has 23 heavy (non-hydrogen) atoms. The first-order valence-electron chi connectivity index (χ1n) is 7.07. The SMILES string of the molecule is COc1ccc(OC)c(NCN2C(=O)c3ccccc3C2=O)c1. The average molecular weight is 312 g/mol. The number of fused-ring (bicyclic) bond motifs is 1. The topological polar surface area (TPSA) is 67.9 Å². The van der Waals surface area contributed by atoms with E-state index < -0.39 is 0 Å². The molecule has 1 aliphatic rings. The summed E-state index contributed by atoms with van der Waals surface area (Å²) in [7, 11) is 3.12. The Bertz CT molecular complexity index is 738. The number of anilines is 1. The van der Waals surface area contributed by atoms with Gasteiger partial charge >= 0.3 is 0 Å². The van der Waals surface area contributed by atoms with Gasteiger partial charge in [0.25, 0.3) is 11.8 Å². The second-order valence-corrected chi connectivity index (χ2v) is 4.99. The molecule has 0 unspecified atom stereocenters. The molecule has 1 N–H and O–H groups in total. The van der Waals surface area contributed by atoms with Gasteiger partial charge in [-0.25, -0.2) is 0 Å². The van der Waals surface area contributed by atoms with E-state index in [2.05, 4.69) is 5.32 Å². The van der Waals surface area contributed by atoms with Crippen LogP contribution in [-0.4, -0.2) is 37.6 Å². The van der Waals surface area contributed by atoms with Gasteiger partial charge in [0.05, 0.1) is 37.7 Å². The lowest BCUT2D eigenvalue weighted by Crippen LogP contribution is -2.34. The molecule has 0 atom stereocenters. The maximum absolute atomic E-state index is 12.3. The molecule has 1 heterocycles. The van der Waals surface area contributed by atoms with Crippen molar-refractivity contribution < 1.29 is 19.1 Å². The summed E-state index contributed by atoms with van der Waals surface area (Å²) < 4.78 is 10.4. The molecule has 118 valence electrons. The zero-order chi connectivity index (χ0) is 16.4. The van der Waals surface area contributed by atoms with E-state index in [4.69, 9.17) is 9.47 Å². The predicted octanol–water partition coefficient (Wildman–Crippen LogP) is 2.37. The number of hydrogen-bond acceptors (Lipinski definition) is 5. The Balaban J connectivity index is 1.80. The van der Waals surface area contributed by atoms with E-state index in [0.29, 0.717) is 28.3 Å². The van der Waals surface area contributed by atoms with E-state index >= 15 is 0 Å². The first kappa shape index (κ1) is 14.9. The number of rotatable bonds is 5. The van der Waals surface area contributed by atoms with Gasteiger partial charge in [-0.3, -0.25) is 14.5 Å². The van der Waals surface area contributed by atoms with Gasteiger partial charge in [0.15, 0.2) is 0 Å². The first-order valence-corrected chi connectivity index (χ1v) is 7.07. The van der Waals surface area contributed by atoms with Gasteiger partial charge in [0.2, 0.25) is 0 Å². The summed E-state index contributed by atoms with van der Waals surface area (Å²) in [5.74, 6) is 0.637. The molecular weight excluding hydrogens is 296 g/mol. The molecule has 0 aromatic heterocycles. The monoisotopic (exact) mass is 312 g/mol. The highest BCUT2D eigenvalue weighted by atomic mass is 16.5. The summed E-state index contributed by atoms with van der Waals surface area (Å²) in [6, 6.07) is 12.1. The van der Waals surface area contributed by atoms with Crippen LogP contribution in [0.2, 0.25) is 0 Å². The summed E-state index contributed by atoms with van der Waals surface area (Å²) in [5, 5.41) is 3.06. The third-order valence-corrected chi connectivity index (χ3v) is 3.71. The summed E-state index contributed by atoms with van der Waals surface area (Å²) in [6.07, 6.45) is 0. The molecule has 0 aliphatic carbocycles. The smallest absolute Gasteiger partial charge is 0.263 e. The van der Waals surface area contributed by atoms with E-state index in [1.165, 1.54) is 4.90 Å². The number of imide groups is 1. The van der Waals surface area contributed by atoms with Gasteiger partial charge in [-0.15, -0.1) is 0 Å². The molecule has 2 aromatic carbocycles. The van der Waals surface area contributed by atoms with Crippen LogP contribution in [0.25, 0.3) is 0 Å². The molecule has 0 saturated carbocycles. The lowest BCUT2D eigenvalue weighted by molar-refractivity contribution is 0.0665. The number of nitrogens with zero attached hydrogens (tertiary/aromatic N) is 1. The average Bonchev–Trinajstić information content (AvgIpc) is 2.84. The van der Waals surface area contributed by atoms with Crippen LogP contribution in [0.15, 0.2) is 42.5 Å². The van der Waals surface area contributed by atoms with Crippen molar-refractivity contribution in [2.24, 2.45) is 0 Å². The molecule has 2 aromatic rings. The lowest BCUT2D eigenvalue weighted by Gasteiger charge is -2.17. The molecule has 0 spiro atoms. The van der Waals surface area contributed by atoms with Crippen LogP contribution in [0.4, 0.5) is 5.69 Å². The van der Waals surface area contributed by atoms with Crippen molar-refractivity contribution in [3.8, 4) is 11.5 Å². The third kappa shape index (κ3) is 2.59. The number of nitrogens with one attached hydrogen (secondary N) is 1. The van der Waals surface area contributed by atoms with Gasteiger partial charge in [-0.05, 0) is 24.3 Å². The molecule has 0 saturated heterocycles. The number of carbonyl (C=O) groups is 2. The van der Waals surface area contributed by atoms with Gasteiger partial charge < -0.3 is 14.8 Å². The number of ether oxygens (including phenoxy) is 2. The summed E-state index contributed by atoms with van der Waals surface area (Å²) in [5.41, 5.74) is 1.50. The highest BCUT2D eigenvalue weighted by molar-refractivity contribution is 6.21. The van der Waals surface area contributed by atoms with Crippen molar-refractivity contribution in [2.75, 3.05) is 26.2 Å². The fourth-order valence-corrected chi connectivity index (χ4v) is 2.50. The van der Waals surface area contributed by atoms with Crippen LogP contribution in [0, 0.1) is 0 Å². The molecule has 3 rings (SSSR count). The van der Waals surface area contributed by atoms with E-state index in [1.54, 1.807) is 56.7 Å². The van der Waals surface area contributed by atoms with Crippen LogP contribution < -0.4 is 14.8 Å². The Morgan fingerprint density at radius 1 is 0.957 bits per heavy atom. The number of hydrogen-bond donors (Lipinski definition) is 1. The van der Waals surface area contributed by atoms with Crippen LogP contribution >= 0.6 is 0 Å². The molecule has 0 fully saturated rings. The minimum atomic E-state index is -0.306. The van der Waals surface area contributed by atoms with Crippen molar-refractivity contribution >= 4 is 17.5 Å². The van der Waals surface area contributed by atoms with E-state index in [9.17, 15) is 9.59 Å². The second-order valence-electron chi connectivity index (χ2n) is 4.99. The largest absolute Gasteiger partial charge is 0.497 e. The number of carbonyl (C=O) groups excluding carboxylic acids is 2. The molecule has 6 nitrogen and oxygen atoms in total. The normalized spacial score (nSPS) is 13.0. The van der Waals surface area contributed by atoms with Crippen molar-refractivity contribution in [1.29, 1.82) is 0 Å². The van der Waals surface area contributed by atoms with E-state index in [0.717, 1.165) is 0 Å². The zero-order valence-corrected chi connectivity index (χ0v) is 12.8. The van der Waals surface area contributed by atoms with Crippen LogP contribution in [0.3, 0.4) is 0 Å².